The molecule has 0 aromatic rings. The van der Waals surface area contributed by atoms with Gasteiger partial charge >= 0.3 is 0 Å². The first-order valence-corrected chi connectivity index (χ1v) is 8.66. The Balaban J connectivity index is 2.10. The van der Waals surface area contributed by atoms with E-state index in [1.165, 1.54) is 0 Å². The van der Waals surface area contributed by atoms with E-state index in [1.807, 2.05) is 0 Å². The lowest BCUT2D eigenvalue weighted by Gasteiger charge is -2.26. The van der Waals surface area contributed by atoms with Crippen molar-refractivity contribution in [3.05, 3.63) is 0 Å². The van der Waals surface area contributed by atoms with Crippen LogP contribution in [0.3, 0.4) is 0 Å². The molecule has 1 fully saturated rings. The van der Waals surface area contributed by atoms with Crippen LogP contribution in [0.5, 0.6) is 0 Å². The largest absolute Gasteiger partial charge is 0.379 e. The molecule has 1 saturated heterocycles. The summed E-state index contributed by atoms with van der Waals surface area (Å²) in [5.41, 5.74) is 0. The molecule has 0 atom stereocenters. The molecule has 1 heterocycles. The zero-order valence-corrected chi connectivity index (χ0v) is 14.6. The third-order valence-electron chi connectivity index (χ3n) is 3.42. The summed E-state index contributed by atoms with van der Waals surface area (Å²) in [4.78, 5) is 7.03. The molecule has 6 nitrogen and oxygen atoms in total. The lowest BCUT2D eigenvalue weighted by molar-refractivity contribution is 0.0376. The van der Waals surface area contributed by atoms with Crippen molar-refractivity contribution in [2.75, 3.05) is 59.1 Å². The van der Waals surface area contributed by atoms with E-state index < -0.39 is 0 Å². The highest BCUT2D eigenvalue weighted by Crippen LogP contribution is 1.97. The van der Waals surface area contributed by atoms with E-state index in [2.05, 4.69) is 41.3 Å². The van der Waals surface area contributed by atoms with Gasteiger partial charge in [-0.25, -0.2) is 0 Å². The van der Waals surface area contributed by atoms with E-state index in [4.69, 9.17) is 9.47 Å². The van der Waals surface area contributed by atoms with Gasteiger partial charge in [0.25, 0.3) is 0 Å². The van der Waals surface area contributed by atoms with Gasteiger partial charge in [0.05, 0.1) is 19.3 Å². The van der Waals surface area contributed by atoms with Crippen molar-refractivity contribution < 1.29 is 9.47 Å². The van der Waals surface area contributed by atoms with Gasteiger partial charge in [0.1, 0.15) is 0 Å². The van der Waals surface area contributed by atoms with Crippen LogP contribution in [-0.4, -0.2) is 76.1 Å². The van der Waals surface area contributed by atoms with Crippen molar-refractivity contribution in [1.82, 2.24) is 15.5 Å². The molecule has 0 aromatic carbocycles. The second-order valence-electron chi connectivity index (χ2n) is 5.77. The summed E-state index contributed by atoms with van der Waals surface area (Å²) in [6.45, 7) is 14.6. The van der Waals surface area contributed by atoms with E-state index in [1.54, 1.807) is 0 Å². The molecule has 1 rings (SSSR count). The second kappa shape index (κ2) is 12.7. The van der Waals surface area contributed by atoms with Crippen molar-refractivity contribution in [3.63, 3.8) is 0 Å². The fourth-order valence-electron chi connectivity index (χ4n) is 2.25. The molecule has 0 radical (unpaired) electrons. The van der Waals surface area contributed by atoms with Crippen LogP contribution in [-0.2, 0) is 9.47 Å². The minimum atomic E-state index is 0.301. The van der Waals surface area contributed by atoms with Gasteiger partial charge in [0, 0.05) is 39.3 Å². The molecule has 0 spiro atoms. The highest BCUT2D eigenvalue weighted by Gasteiger charge is 2.09. The first-order chi connectivity index (χ1) is 10.7. The van der Waals surface area contributed by atoms with Gasteiger partial charge in [-0.3, -0.25) is 9.89 Å². The Kier molecular flexibility index (Phi) is 11.1. The number of nitrogens with one attached hydrogen (secondary N) is 2. The zero-order chi connectivity index (χ0) is 16.0. The average Bonchev–Trinajstić information content (AvgIpc) is 2.51. The summed E-state index contributed by atoms with van der Waals surface area (Å²) in [7, 11) is 0. The first-order valence-electron chi connectivity index (χ1n) is 8.66. The Morgan fingerprint density at radius 1 is 1.23 bits per heavy atom. The zero-order valence-electron chi connectivity index (χ0n) is 14.6. The first kappa shape index (κ1) is 19.2. The number of nitrogens with zero attached hydrogens (tertiary/aromatic N) is 2. The number of morpholine rings is 1. The van der Waals surface area contributed by atoms with Crippen molar-refractivity contribution in [3.8, 4) is 0 Å². The fraction of sp³-hybridized carbons (Fsp3) is 0.938. The van der Waals surface area contributed by atoms with Crippen molar-refractivity contribution >= 4 is 5.96 Å². The van der Waals surface area contributed by atoms with Gasteiger partial charge in [-0.1, -0.05) is 0 Å². The molecule has 6 heteroatoms. The van der Waals surface area contributed by atoms with Gasteiger partial charge in [-0.05, 0) is 40.2 Å². The molecule has 0 aromatic heterocycles. The summed E-state index contributed by atoms with van der Waals surface area (Å²) >= 11 is 0. The molecule has 1 aliphatic rings. The maximum Gasteiger partial charge on any atom is 0.191 e. The van der Waals surface area contributed by atoms with Crippen LogP contribution < -0.4 is 10.6 Å². The predicted octanol–water partition coefficient (Wildman–Crippen LogP) is 1.08. The molecule has 130 valence electrons. The molecular formula is C16H34N4O2. The molecular weight excluding hydrogens is 280 g/mol. The van der Waals surface area contributed by atoms with E-state index >= 15 is 0 Å². The van der Waals surface area contributed by atoms with Crippen molar-refractivity contribution in [2.45, 2.75) is 39.7 Å². The van der Waals surface area contributed by atoms with Crippen LogP contribution in [0.25, 0.3) is 0 Å². The normalized spacial score (nSPS) is 17.0. The van der Waals surface area contributed by atoms with Crippen LogP contribution >= 0.6 is 0 Å². The summed E-state index contributed by atoms with van der Waals surface area (Å²) in [5.74, 6) is 0.911. The van der Waals surface area contributed by atoms with Crippen molar-refractivity contribution in [1.29, 1.82) is 0 Å². The summed E-state index contributed by atoms with van der Waals surface area (Å²) in [6.07, 6.45) is 2.39. The smallest absolute Gasteiger partial charge is 0.191 e. The SMILES string of the molecule is CCNC(=NCCCOC(C)C)NCCCN1CCOCC1. The van der Waals surface area contributed by atoms with Crippen LogP contribution in [0, 0.1) is 0 Å². The Morgan fingerprint density at radius 3 is 2.68 bits per heavy atom. The Bertz CT molecular complexity index is 292. The van der Waals surface area contributed by atoms with Gasteiger partial charge in [-0.15, -0.1) is 0 Å². The standard InChI is InChI=1S/C16H34N4O2/c1-4-17-16(19-8-6-12-22-15(2)3)18-7-5-9-20-10-13-21-14-11-20/h15H,4-14H2,1-3H3,(H2,17,18,19). The summed E-state index contributed by atoms with van der Waals surface area (Å²) in [6, 6.07) is 0. The van der Waals surface area contributed by atoms with Crippen molar-refractivity contribution in [2.24, 2.45) is 4.99 Å². The summed E-state index contributed by atoms with van der Waals surface area (Å²) in [5, 5.41) is 6.69. The fourth-order valence-corrected chi connectivity index (χ4v) is 2.25. The van der Waals surface area contributed by atoms with E-state index in [-0.39, 0.29) is 0 Å². The minimum Gasteiger partial charge on any atom is -0.379 e. The van der Waals surface area contributed by atoms with Crippen LogP contribution in [0.2, 0.25) is 0 Å². The molecule has 0 unspecified atom stereocenters. The molecule has 2 N–H and O–H groups in total. The quantitative estimate of drug-likeness (QED) is 0.359. The second-order valence-corrected chi connectivity index (χ2v) is 5.77. The lowest BCUT2D eigenvalue weighted by atomic mass is 10.3. The molecule has 1 aliphatic heterocycles. The van der Waals surface area contributed by atoms with E-state index in [9.17, 15) is 0 Å². The van der Waals surface area contributed by atoms with Crippen LogP contribution in [0.15, 0.2) is 4.99 Å². The average molecular weight is 314 g/mol. The summed E-state index contributed by atoms with van der Waals surface area (Å²) < 4.78 is 10.9. The maximum atomic E-state index is 5.52. The van der Waals surface area contributed by atoms with Crippen LogP contribution in [0.4, 0.5) is 0 Å². The Hall–Kier alpha value is -0.850. The molecule has 0 bridgehead atoms. The predicted molar refractivity (Wildman–Crippen MR) is 91.6 cm³/mol. The minimum absolute atomic E-state index is 0.301. The highest BCUT2D eigenvalue weighted by molar-refractivity contribution is 5.79. The Labute approximate surface area is 135 Å². The monoisotopic (exact) mass is 314 g/mol. The number of ether oxygens (including phenoxy) is 2. The van der Waals surface area contributed by atoms with Gasteiger partial charge < -0.3 is 20.1 Å². The van der Waals surface area contributed by atoms with E-state index in [0.717, 1.165) is 77.9 Å². The highest BCUT2D eigenvalue weighted by atomic mass is 16.5. The van der Waals surface area contributed by atoms with E-state index in [0.29, 0.717) is 6.10 Å². The van der Waals surface area contributed by atoms with Gasteiger partial charge in [-0.2, -0.15) is 0 Å². The number of aliphatic imine (C=N–C) groups is 1. The third-order valence-corrected chi connectivity index (χ3v) is 3.42. The number of hydrogen-bond acceptors (Lipinski definition) is 4. The number of guanidine groups is 1. The maximum absolute atomic E-state index is 5.52. The number of rotatable bonds is 10. The molecule has 22 heavy (non-hydrogen) atoms. The van der Waals surface area contributed by atoms with Crippen LogP contribution in [0.1, 0.15) is 33.6 Å². The van der Waals surface area contributed by atoms with Gasteiger partial charge in [0.2, 0.25) is 0 Å². The Morgan fingerprint density at radius 2 is 2.00 bits per heavy atom. The molecule has 0 saturated carbocycles. The molecule has 0 amide bonds. The lowest BCUT2D eigenvalue weighted by Crippen LogP contribution is -2.40. The topological polar surface area (TPSA) is 58.1 Å². The molecule has 0 aliphatic carbocycles. The third kappa shape index (κ3) is 9.97. The number of hydrogen-bond donors (Lipinski definition) is 2. The van der Waals surface area contributed by atoms with Gasteiger partial charge in [0.15, 0.2) is 5.96 Å².